The maximum Gasteiger partial charge on any atom is 0.186 e. The standard InChI is InChI=1S/C13H10Br2Cl6/c14-10(15)6-2-5-9(7-3-1-4-8(7)9)11(16,17)13(20,21)12(10,18)19/h1,3-4,7H,2,5-6H2. The first kappa shape index (κ1) is 18.0. The molecule has 8 heteroatoms. The summed E-state index contributed by atoms with van der Waals surface area (Å²) in [4.78, 5) is 0. The first-order chi connectivity index (χ1) is 9.43. The summed E-state index contributed by atoms with van der Waals surface area (Å²) in [7, 11) is 0. The van der Waals surface area contributed by atoms with Gasteiger partial charge >= 0.3 is 0 Å². The van der Waals surface area contributed by atoms with Crippen LogP contribution in [0, 0.1) is 11.3 Å². The average molecular weight is 539 g/mol. The molecule has 3 rings (SSSR count). The van der Waals surface area contributed by atoms with Gasteiger partial charge in [-0.3, -0.25) is 0 Å². The molecule has 0 heterocycles. The van der Waals surface area contributed by atoms with E-state index < -0.39 is 21.6 Å². The van der Waals surface area contributed by atoms with Crippen molar-refractivity contribution >= 4 is 101 Å². The van der Waals surface area contributed by atoms with E-state index in [2.05, 4.69) is 37.9 Å². The maximum absolute atomic E-state index is 6.73. The van der Waals surface area contributed by atoms with Crippen LogP contribution in [0.4, 0.5) is 0 Å². The predicted molar refractivity (Wildman–Crippen MR) is 101 cm³/mol. The fourth-order valence-electron chi connectivity index (χ4n) is 3.50. The van der Waals surface area contributed by atoms with Gasteiger partial charge in [0.15, 0.2) is 13.0 Å². The molecular weight excluding hydrogens is 529 g/mol. The molecule has 2 saturated carbocycles. The molecular formula is C13H10Br2Cl6. The largest absolute Gasteiger partial charge is 0.186 e. The van der Waals surface area contributed by atoms with Gasteiger partial charge in [-0.25, -0.2) is 0 Å². The summed E-state index contributed by atoms with van der Waals surface area (Å²) >= 11 is 46.6. The van der Waals surface area contributed by atoms with E-state index in [-0.39, 0.29) is 5.92 Å². The Kier molecular flexibility index (Phi) is 4.37. The molecule has 0 amide bonds. The molecule has 1 spiro atoms. The smallest absolute Gasteiger partial charge is 0.0971 e. The molecule has 0 radical (unpaired) electrons. The van der Waals surface area contributed by atoms with E-state index in [0.717, 1.165) is 18.4 Å². The van der Waals surface area contributed by atoms with Crippen molar-refractivity contribution in [1.82, 2.24) is 0 Å². The first-order valence-corrected chi connectivity index (χ1v) is 10.2. The number of alkyl halides is 8. The van der Waals surface area contributed by atoms with Crippen molar-refractivity contribution in [3.05, 3.63) is 23.8 Å². The SMILES string of the molecule is ClC1(Cl)C(Br)(Br)CCCC2(C3=CC=CC32)C(Cl)(Cl)C1(Cl)Cl. The molecule has 0 nitrogen and oxygen atoms in total. The van der Waals surface area contributed by atoms with Crippen molar-refractivity contribution in [3.8, 4) is 0 Å². The first-order valence-electron chi connectivity index (χ1n) is 6.33. The van der Waals surface area contributed by atoms with Gasteiger partial charge in [0, 0.05) is 11.3 Å². The molecule has 2 fully saturated rings. The van der Waals surface area contributed by atoms with Gasteiger partial charge in [-0.05, 0) is 12.8 Å². The van der Waals surface area contributed by atoms with Crippen LogP contribution in [0.15, 0.2) is 23.8 Å². The van der Waals surface area contributed by atoms with Crippen molar-refractivity contribution in [3.63, 3.8) is 0 Å². The fraction of sp³-hybridized carbons (Fsp3) is 0.692. The Morgan fingerprint density at radius 3 is 2.05 bits per heavy atom. The summed E-state index contributed by atoms with van der Waals surface area (Å²) in [5, 5.41) is 0. The summed E-state index contributed by atoms with van der Waals surface area (Å²) < 4.78 is -5.84. The summed E-state index contributed by atoms with van der Waals surface area (Å²) in [6, 6.07) is 0. The third kappa shape index (κ3) is 2.06. The molecule has 21 heavy (non-hydrogen) atoms. The van der Waals surface area contributed by atoms with Crippen molar-refractivity contribution in [2.75, 3.05) is 0 Å². The predicted octanol–water partition coefficient (Wildman–Crippen LogP) is 7.29. The van der Waals surface area contributed by atoms with Crippen LogP contribution in [0.3, 0.4) is 0 Å². The highest BCUT2D eigenvalue weighted by molar-refractivity contribution is 9.25. The Labute approximate surface area is 170 Å². The van der Waals surface area contributed by atoms with E-state index in [4.69, 9.17) is 69.6 Å². The van der Waals surface area contributed by atoms with Gasteiger partial charge in [0.25, 0.3) is 0 Å². The Hall–Kier alpha value is 2.18. The second-order valence-electron chi connectivity index (χ2n) is 5.74. The van der Waals surface area contributed by atoms with Crippen LogP contribution >= 0.6 is 101 Å². The molecule has 3 aliphatic rings. The lowest BCUT2D eigenvalue weighted by Crippen LogP contribution is -2.62. The zero-order valence-corrected chi connectivity index (χ0v) is 18.2. The molecule has 2 atom stereocenters. The summed E-state index contributed by atoms with van der Waals surface area (Å²) in [6.45, 7) is 0. The van der Waals surface area contributed by atoms with Gasteiger partial charge in [0.05, 0.1) is 0 Å². The monoisotopic (exact) mass is 534 g/mol. The Morgan fingerprint density at radius 1 is 0.905 bits per heavy atom. The molecule has 118 valence electrons. The van der Waals surface area contributed by atoms with Gasteiger partial charge < -0.3 is 0 Å². The number of fused-ring (bicyclic) bond motifs is 3. The quantitative estimate of drug-likeness (QED) is 0.284. The van der Waals surface area contributed by atoms with E-state index in [0.29, 0.717) is 6.42 Å². The molecule has 0 bridgehead atoms. The minimum atomic E-state index is -1.79. The lowest BCUT2D eigenvalue weighted by atomic mass is 9.83. The van der Waals surface area contributed by atoms with Crippen LogP contribution in [0.5, 0.6) is 0 Å². The highest BCUT2D eigenvalue weighted by atomic mass is 79.9. The molecule has 0 N–H and O–H groups in total. The van der Waals surface area contributed by atoms with Crippen LogP contribution in [-0.2, 0) is 0 Å². The van der Waals surface area contributed by atoms with E-state index in [1.165, 1.54) is 0 Å². The highest BCUT2D eigenvalue weighted by Crippen LogP contribution is 2.80. The molecule has 0 aromatic carbocycles. The van der Waals surface area contributed by atoms with Crippen molar-refractivity contribution in [2.24, 2.45) is 11.3 Å². The number of hydrogen-bond donors (Lipinski definition) is 0. The number of rotatable bonds is 0. The lowest BCUT2D eigenvalue weighted by Gasteiger charge is -2.51. The lowest BCUT2D eigenvalue weighted by molar-refractivity contribution is 0.311. The van der Waals surface area contributed by atoms with Gasteiger partial charge in [-0.15, -0.1) is 0 Å². The summed E-state index contributed by atoms with van der Waals surface area (Å²) in [6.07, 6.45) is 8.31. The number of allylic oxidation sites excluding steroid dienone is 4. The zero-order valence-electron chi connectivity index (χ0n) is 10.5. The van der Waals surface area contributed by atoms with Crippen molar-refractivity contribution in [2.45, 2.75) is 35.5 Å². The summed E-state index contributed by atoms with van der Waals surface area (Å²) in [5.74, 6) is 0.159. The number of hydrogen-bond acceptors (Lipinski definition) is 0. The molecule has 0 aromatic rings. The minimum Gasteiger partial charge on any atom is -0.0971 e. The Bertz CT molecular complexity index is 551. The van der Waals surface area contributed by atoms with Crippen LogP contribution in [0.25, 0.3) is 0 Å². The minimum absolute atomic E-state index is 0.159. The fourth-order valence-corrected chi connectivity index (χ4v) is 7.37. The van der Waals surface area contributed by atoms with E-state index in [9.17, 15) is 0 Å². The topological polar surface area (TPSA) is 0 Å². The number of halogens is 8. The third-order valence-corrected chi connectivity index (χ3v) is 12.0. The van der Waals surface area contributed by atoms with Gasteiger partial charge in [0.1, 0.15) is 3.23 Å². The van der Waals surface area contributed by atoms with Crippen LogP contribution in [-0.4, -0.2) is 16.2 Å². The normalized spacial score (nSPS) is 41.1. The van der Waals surface area contributed by atoms with Gasteiger partial charge in [0.2, 0.25) is 0 Å². The van der Waals surface area contributed by atoms with Crippen LogP contribution in [0.1, 0.15) is 19.3 Å². The molecule has 2 unspecified atom stereocenters. The Morgan fingerprint density at radius 2 is 1.52 bits per heavy atom. The molecule has 0 saturated heterocycles. The van der Waals surface area contributed by atoms with Gasteiger partial charge in [-0.2, -0.15) is 0 Å². The van der Waals surface area contributed by atoms with Crippen molar-refractivity contribution in [1.29, 1.82) is 0 Å². The average Bonchev–Trinajstić information content (AvgIpc) is 2.74. The van der Waals surface area contributed by atoms with Crippen molar-refractivity contribution < 1.29 is 0 Å². The van der Waals surface area contributed by atoms with Crippen LogP contribution in [0.2, 0.25) is 0 Å². The summed E-state index contributed by atoms with van der Waals surface area (Å²) in [5.41, 5.74) is 0.652. The van der Waals surface area contributed by atoms with Crippen LogP contribution < -0.4 is 0 Å². The maximum atomic E-state index is 6.73. The van der Waals surface area contributed by atoms with E-state index in [1.807, 2.05) is 12.2 Å². The second kappa shape index (κ2) is 5.10. The zero-order chi connectivity index (χ0) is 15.9. The van der Waals surface area contributed by atoms with E-state index >= 15 is 0 Å². The highest BCUT2D eigenvalue weighted by Gasteiger charge is 2.80. The molecule has 3 aliphatic carbocycles. The third-order valence-electron chi connectivity index (χ3n) is 4.75. The molecule has 0 aliphatic heterocycles. The van der Waals surface area contributed by atoms with E-state index in [1.54, 1.807) is 0 Å². The Balaban J connectivity index is 2.13. The van der Waals surface area contributed by atoms with Gasteiger partial charge in [-0.1, -0.05) is 132 Å². The molecule has 0 aromatic heterocycles. The second-order valence-corrected chi connectivity index (χ2v) is 13.5.